The normalized spacial score (nSPS) is 11.7. The van der Waals surface area contributed by atoms with Crippen LogP contribution in [0.4, 0.5) is 5.69 Å². The van der Waals surface area contributed by atoms with Crippen molar-refractivity contribution in [3.63, 3.8) is 0 Å². The Morgan fingerprint density at radius 1 is 0.778 bits per heavy atom. The Kier molecular flexibility index (Phi) is 5.51. The molecule has 0 bridgehead atoms. The van der Waals surface area contributed by atoms with Crippen LogP contribution in [0, 0.1) is 13.8 Å². The van der Waals surface area contributed by atoms with E-state index in [1.54, 1.807) is 18.2 Å². The summed E-state index contributed by atoms with van der Waals surface area (Å²) in [4.78, 5) is 25.4. The molecule has 1 amide bonds. The second-order valence-electron chi connectivity index (χ2n) is 6.80. The van der Waals surface area contributed by atoms with E-state index < -0.39 is 0 Å². The average molecular weight is 357 g/mol. The van der Waals surface area contributed by atoms with E-state index in [4.69, 9.17) is 0 Å². The van der Waals surface area contributed by atoms with Crippen molar-refractivity contribution in [2.75, 3.05) is 5.32 Å². The molecule has 3 rings (SSSR count). The van der Waals surface area contributed by atoms with Gasteiger partial charge in [-0.2, -0.15) is 0 Å². The minimum Gasteiger partial charge on any atom is -0.325 e. The van der Waals surface area contributed by atoms with Crippen LogP contribution in [-0.2, 0) is 4.79 Å². The minimum atomic E-state index is -0.368. The van der Waals surface area contributed by atoms with Gasteiger partial charge in [0.2, 0.25) is 5.91 Å². The standard InChI is InChI=1S/C24H23NO2/c1-16-9-7-10-17(2)22(16)25-24(27)18(3)20-13-8-14-21(15-20)23(26)19-11-5-4-6-12-19/h4-15,18H,1-3H3,(H,25,27)/t18-/m1/s1. The van der Waals surface area contributed by atoms with Crippen molar-refractivity contribution >= 4 is 17.4 Å². The molecule has 1 N–H and O–H groups in total. The number of amides is 1. The highest BCUT2D eigenvalue weighted by Crippen LogP contribution is 2.24. The van der Waals surface area contributed by atoms with E-state index in [-0.39, 0.29) is 17.6 Å². The van der Waals surface area contributed by atoms with Gasteiger partial charge in [-0.1, -0.05) is 66.7 Å². The topological polar surface area (TPSA) is 46.2 Å². The quantitative estimate of drug-likeness (QED) is 0.632. The third-order valence-corrected chi connectivity index (χ3v) is 4.81. The van der Waals surface area contributed by atoms with Crippen LogP contribution in [0.5, 0.6) is 0 Å². The number of benzene rings is 3. The molecule has 3 aromatic rings. The van der Waals surface area contributed by atoms with E-state index in [0.717, 1.165) is 22.4 Å². The molecule has 1 atom stereocenters. The number of hydrogen-bond donors (Lipinski definition) is 1. The summed E-state index contributed by atoms with van der Waals surface area (Å²) in [6, 6.07) is 22.4. The van der Waals surface area contributed by atoms with Crippen molar-refractivity contribution < 1.29 is 9.59 Å². The molecular weight excluding hydrogens is 334 g/mol. The van der Waals surface area contributed by atoms with Crippen LogP contribution < -0.4 is 5.32 Å². The summed E-state index contributed by atoms with van der Waals surface area (Å²) in [5.41, 5.74) is 4.96. The zero-order chi connectivity index (χ0) is 19.4. The van der Waals surface area contributed by atoms with Gasteiger partial charge >= 0.3 is 0 Å². The number of para-hydroxylation sites is 1. The molecule has 0 heterocycles. The molecule has 0 spiro atoms. The molecule has 0 saturated carbocycles. The minimum absolute atomic E-state index is 0.0418. The molecule has 0 aromatic heterocycles. The summed E-state index contributed by atoms with van der Waals surface area (Å²) in [6.07, 6.45) is 0. The van der Waals surface area contributed by atoms with Crippen molar-refractivity contribution in [1.82, 2.24) is 0 Å². The molecule has 3 aromatic carbocycles. The van der Waals surface area contributed by atoms with E-state index in [0.29, 0.717) is 11.1 Å². The molecule has 27 heavy (non-hydrogen) atoms. The first-order valence-electron chi connectivity index (χ1n) is 9.04. The molecule has 0 aliphatic heterocycles. The van der Waals surface area contributed by atoms with Crippen LogP contribution >= 0.6 is 0 Å². The maximum atomic E-state index is 12.8. The lowest BCUT2D eigenvalue weighted by Crippen LogP contribution is -2.20. The maximum absolute atomic E-state index is 12.8. The number of ketones is 1. The zero-order valence-corrected chi connectivity index (χ0v) is 15.8. The first-order valence-corrected chi connectivity index (χ1v) is 9.04. The van der Waals surface area contributed by atoms with E-state index in [2.05, 4.69) is 5.32 Å². The number of hydrogen-bond acceptors (Lipinski definition) is 2. The summed E-state index contributed by atoms with van der Waals surface area (Å²) >= 11 is 0. The summed E-state index contributed by atoms with van der Waals surface area (Å²) in [5, 5.41) is 3.03. The van der Waals surface area contributed by atoms with Gasteiger partial charge in [0.15, 0.2) is 5.78 Å². The Morgan fingerprint density at radius 3 is 2.04 bits per heavy atom. The number of anilines is 1. The SMILES string of the molecule is Cc1cccc(C)c1NC(=O)[C@H](C)c1cccc(C(=O)c2ccccc2)c1. The van der Waals surface area contributed by atoms with Gasteiger partial charge in [0.25, 0.3) is 0 Å². The molecule has 3 heteroatoms. The van der Waals surface area contributed by atoms with Gasteiger partial charge in [-0.3, -0.25) is 9.59 Å². The second-order valence-corrected chi connectivity index (χ2v) is 6.80. The Labute approximate surface area is 160 Å². The summed E-state index contributed by atoms with van der Waals surface area (Å²) < 4.78 is 0. The number of nitrogens with one attached hydrogen (secondary N) is 1. The summed E-state index contributed by atoms with van der Waals surface area (Å²) in [6.45, 7) is 5.81. The van der Waals surface area contributed by atoms with E-state index in [1.807, 2.05) is 75.4 Å². The lowest BCUT2D eigenvalue weighted by Gasteiger charge is -2.16. The first kappa shape index (κ1) is 18.6. The predicted molar refractivity (Wildman–Crippen MR) is 109 cm³/mol. The largest absolute Gasteiger partial charge is 0.325 e. The third-order valence-electron chi connectivity index (χ3n) is 4.81. The molecule has 136 valence electrons. The molecule has 0 aliphatic carbocycles. The fourth-order valence-electron chi connectivity index (χ4n) is 3.10. The Hall–Kier alpha value is -3.20. The lowest BCUT2D eigenvalue weighted by atomic mass is 9.95. The van der Waals surface area contributed by atoms with Crippen molar-refractivity contribution in [1.29, 1.82) is 0 Å². The Morgan fingerprint density at radius 2 is 1.37 bits per heavy atom. The number of carbonyl (C=O) groups is 2. The van der Waals surface area contributed by atoms with Crippen LogP contribution in [0.25, 0.3) is 0 Å². The van der Waals surface area contributed by atoms with Crippen LogP contribution in [0.15, 0.2) is 72.8 Å². The fraction of sp³-hybridized carbons (Fsp3) is 0.167. The zero-order valence-electron chi connectivity index (χ0n) is 15.8. The molecule has 0 aliphatic rings. The maximum Gasteiger partial charge on any atom is 0.231 e. The van der Waals surface area contributed by atoms with Crippen molar-refractivity contribution in [2.24, 2.45) is 0 Å². The van der Waals surface area contributed by atoms with Gasteiger partial charge in [-0.15, -0.1) is 0 Å². The van der Waals surface area contributed by atoms with Crippen molar-refractivity contribution in [3.05, 3.63) is 101 Å². The number of carbonyl (C=O) groups excluding carboxylic acids is 2. The molecule has 3 nitrogen and oxygen atoms in total. The lowest BCUT2D eigenvalue weighted by molar-refractivity contribution is -0.117. The molecular formula is C24H23NO2. The first-order chi connectivity index (χ1) is 13.0. The van der Waals surface area contributed by atoms with E-state index in [9.17, 15) is 9.59 Å². The summed E-state index contributed by atoms with van der Waals surface area (Å²) in [7, 11) is 0. The highest BCUT2D eigenvalue weighted by molar-refractivity contribution is 6.09. The van der Waals surface area contributed by atoms with Gasteiger partial charge in [0, 0.05) is 16.8 Å². The van der Waals surface area contributed by atoms with Crippen LogP contribution in [0.2, 0.25) is 0 Å². The second kappa shape index (κ2) is 8.00. The van der Waals surface area contributed by atoms with E-state index >= 15 is 0 Å². The van der Waals surface area contributed by atoms with Crippen molar-refractivity contribution in [3.8, 4) is 0 Å². The molecule has 0 saturated heterocycles. The van der Waals surface area contributed by atoms with E-state index in [1.165, 1.54) is 0 Å². The van der Waals surface area contributed by atoms with Crippen molar-refractivity contribution in [2.45, 2.75) is 26.7 Å². The van der Waals surface area contributed by atoms with Gasteiger partial charge in [0.1, 0.15) is 0 Å². The van der Waals surface area contributed by atoms with Gasteiger partial charge in [-0.25, -0.2) is 0 Å². The Balaban J connectivity index is 1.82. The predicted octanol–water partition coefficient (Wildman–Crippen LogP) is 5.28. The molecule has 0 unspecified atom stereocenters. The monoisotopic (exact) mass is 357 g/mol. The Bertz CT molecular complexity index is 956. The third kappa shape index (κ3) is 4.14. The molecule has 0 radical (unpaired) electrons. The highest BCUT2D eigenvalue weighted by atomic mass is 16.2. The van der Waals surface area contributed by atoms with Gasteiger partial charge in [0.05, 0.1) is 5.92 Å². The smallest absolute Gasteiger partial charge is 0.231 e. The van der Waals surface area contributed by atoms with Gasteiger partial charge in [-0.05, 0) is 43.5 Å². The highest BCUT2D eigenvalue weighted by Gasteiger charge is 2.18. The average Bonchev–Trinajstić information content (AvgIpc) is 2.70. The van der Waals surface area contributed by atoms with Gasteiger partial charge < -0.3 is 5.32 Å². The number of rotatable bonds is 5. The summed E-state index contributed by atoms with van der Waals surface area (Å²) in [5.74, 6) is -0.496. The fourth-order valence-corrected chi connectivity index (χ4v) is 3.10. The van der Waals surface area contributed by atoms with Crippen LogP contribution in [0.1, 0.15) is 45.5 Å². The number of aryl methyl sites for hydroxylation is 2. The van der Waals surface area contributed by atoms with Crippen LogP contribution in [0.3, 0.4) is 0 Å². The molecule has 0 fully saturated rings. The van der Waals surface area contributed by atoms with Crippen LogP contribution in [-0.4, -0.2) is 11.7 Å².